The van der Waals surface area contributed by atoms with Crippen LogP contribution in [0.2, 0.25) is 0 Å². The van der Waals surface area contributed by atoms with E-state index in [1.807, 2.05) is 44.2 Å². The van der Waals surface area contributed by atoms with E-state index < -0.39 is 17.8 Å². The van der Waals surface area contributed by atoms with Crippen molar-refractivity contribution in [2.24, 2.45) is 11.8 Å². The molecular formula is C15H20O3. The summed E-state index contributed by atoms with van der Waals surface area (Å²) in [7, 11) is 0. The van der Waals surface area contributed by atoms with Gasteiger partial charge in [0.05, 0.1) is 11.8 Å². The van der Waals surface area contributed by atoms with Crippen LogP contribution in [0, 0.1) is 11.8 Å². The van der Waals surface area contributed by atoms with Crippen LogP contribution in [0.4, 0.5) is 0 Å². The molecular weight excluding hydrogens is 228 g/mol. The average Bonchev–Trinajstić information content (AvgIpc) is 2.28. The maximum atomic E-state index is 11.8. The summed E-state index contributed by atoms with van der Waals surface area (Å²) in [6, 6.07) is 9.17. The van der Waals surface area contributed by atoms with Gasteiger partial charge in [0.25, 0.3) is 0 Å². The number of ketones is 1. The second-order valence-electron chi connectivity index (χ2n) is 5.07. The summed E-state index contributed by atoms with van der Waals surface area (Å²) in [4.78, 5) is 23.2. The Bertz CT molecular complexity index is 409. The fraction of sp³-hybridized carbons (Fsp3) is 0.467. The number of carbonyl (C=O) groups is 2. The van der Waals surface area contributed by atoms with Gasteiger partial charge < -0.3 is 5.11 Å². The van der Waals surface area contributed by atoms with Crippen LogP contribution in [0.25, 0.3) is 0 Å². The van der Waals surface area contributed by atoms with Gasteiger partial charge in [-0.1, -0.05) is 44.2 Å². The molecule has 1 aromatic rings. The second-order valence-corrected chi connectivity index (χ2v) is 5.07. The molecule has 2 unspecified atom stereocenters. The summed E-state index contributed by atoms with van der Waals surface area (Å²) in [5.74, 6) is -1.94. The number of aliphatic carboxylic acids is 1. The number of Topliss-reactive ketones (excluding diaryl/α,β-unsaturated/α-hetero) is 1. The summed E-state index contributed by atoms with van der Waals surface area (Å²) in [5.41, 5.74) is 0.790. The highest BCUT2D eigenvalue weighted by Crippen LogP contribution is 2.30. The van der Waals surface area contributed by atoms with Crippen LogP contribution >= 0.6 is 0 Å². The molecule has 0 radical (unpaired) electrons. The van der Waals surface area contributed by atoms with Crippen LogP contribution in [0.15, 0.2) is 30.3 Å². The van der Waals surface area contributed by atoms with Crippen LogP contribution in [-0.4, -0.2) is 16.9 Å². The first-order chi connectivity index (χ1) is 8.43. The molecule has 98 valence electrons. The zero-order valence-corrected chi connectivity index (χ0v) is 11.1. The number of benzene rings is 1. The van der Waals surface area contributed by atoms with Crippen molar-refractivity contribution in [2.75, 3.05) is 0 Å². The lowest BCUT2D eigenvalue weighted by molar-refractivity contribution is -0.145. The molecule has 18 heavy (non-hydrogen) atoms. The normalized spacial score (nSPS) is 14.2. The van der Waals surface area contributed by atoms with Gasteiger partial charge in [0.1, 0.15) is 5.78 Å². The molecule has 0 heterocycles. The maximum Gasteiger partial charge on any atom is 0.307 e. The molecule has 0 aliphatic heterocycles. The van der Waals surface area contributed by atoms with E-state index in [2.05, 4.69) is 0 Å². The van der Waals surface area contributed by atoms with Gasteiger partial charge in [-0.25, -0.2) is 0 Å². The lowest BCUT2D eigenvalue weighted by Gasteiger charge is -2.23. The highest BCUT2D eigenvalue weighted by Gasteiger charge is 2.33. The minimum Gasteiger partial charge on any atom is -0.481 e. The summed E-state index contributed by atoms with van der Waals surface area (Å²) in [6.07, 6.45) is 0.508. The van der Waals surface area contributed by atoms with Crippen LogP contribution in [0.3, 0.4) is 0 Å². The van der Waals surface area contributed by atoms with E-state index in [4.69, 9.17) is 0 Å². The lowest BCUT2D eigenvalue weighted by atomic mass is 9.79. The van der Waals surface area contributed by atoms with Crippen molar-refractivity contribution in [3.05, 3.63) is 35.9 Å². The second kappa shape index (κ2) is 6.34. The quantitative estimate of drug-likeness (QED) is 0.841. The Morgan fingerprint density at radius 2 is 1.72 bits per heavy atom. The van der Waals surface area contributed by atoms with E-state index in [9.17, 15) is 14.7 Å². The zero-order chi connectivity index (χ0) is 13.7. The fourth-order valence-corrected chi connectivity index (χ4v) is 2.30. The van der Waals surface area contributed by atoms with Gasteiger partial charge in [-0.15, -0.1) is 0 Å². The van der Waals surface area contributed by atoms with Gasteiger partial charge in [0.15, 0.2) is 0 Å². The summed E-state index contributed by atoms with van der Waals surface area (Å²) in [6.45, 7) is 5.41. The van der Waals surface area contributed by atoms with E-state index in [-0.39, 0.29) is 11.7 Å². The molecule has 0 aliphatic rings. The Hall–Kier alpha value is -1.64. The standard InChI is InChI=1S/C15H20O3/c1-10(2)9-13(15(17)18)14(11(3)16)12-7-5-4-6-8-12/h4-8,10,13-14H,9H2,1-3H3,(H,17,18). The molecule has 0 spiro atoms. The zero-order valence-electron chi connectivity index (χ0n) is 11.1. The van der Waals surface area contributed by atoms with Crippen molar-refractivity contribution in [2.45, 2.75) is 33.1 Å². The third kappa shape index (κ3) is 3.69. The van der Waals surface area contributed by atoms with E-state index in [1.54, 1.807) is 0 Å². The lowest BCUT2D eigenvalue weighted by Crippen LogP contribution is -2.28. The van der Waals surface area contributed by atoms with Crippen molar-refractivity contribution < 1.29 is 14.7 Å². The van der Waals surface area contributed by atoms with Crippen molar-refractivity contribution in [1.29, 1.82) is 0 Å². The van der Waals surface area contributed by atoms with E-state index >= 15 is 0 Å². The van der Waals surface area contributed by atoms with Gasteiger partial charge in [0.2, 0.25) is 0 Å². The first-order valence-corrected chi connectivity index (χ1v) is 6.21. The fourth-order valence-electron chi connectivity index (χ4n) is 2.30. The molecule has 1 rings (SSSR count). The number of hydrogen-bond donors (Lipinski definition) is 1. The van der Waals surface area contributed by atoms with Gasteiger partial charge in [-0.3, -0.25) is 9.59 Å². The third-order valence-electron chi connectivity index (χ3n) is 3.04. The first kappa shape index (κ1) is 14.4. The van der Waals surface area contributed by atoms with E-state index in [1.165, 1.54) is 6.92 Å². The van der Waals surface area contributed by atoms with Gasteiger partial charge >= 0.3 is 5.97 Å². The highest BCUT2D eigenvalue weighted by molar-refractivity contribution is 5.89. The Morgan fingerprint density at radius 3 is 2.11 bits per heavy atom. The molecule has 0 saturated heterocycles. The van der Waals surface area contributed by atoms with Crippen LogP contribution in [-0.2, 0) is 9.59 Å². The molecule has 2 atom stereocenters. The summed E-state index contributed by atoms with van der Waals surface area (Å²) < 4.78 is 0. The third-order valence-corrected chi connectivity index (χ3v) is 3.04. The number of carboxylic acid groups (broad SMARTS) is 1. The maximum absolute atomic E-state index is 11.8. The van der Waals surface area contributed by atoms with Gasteiger partial charge in [-0.05, 0) is 24.8 Å². The molecule has 3 heteroatoms. The molecule has 1 aromatic carbocycles. The minimum atomic E-state index is -0.896. The van der Waals surface area contributed by atoms with Crippen molar-refractivity contribution in [1.82, 2.24) is 0 Å². The molecule has 3 nitrogen and oxygen atoms in total. The Labute approximate surface area is 108 Å². The molecule has 0 saturated carbocycles. The van der Waals surface area contributed by atoms with Crippen molar-refractivity contribution in [3.63, 3.8) is 0 Å². The van der Waals surface area contributed by atoms with Crippen molar-refractivity contribution >= 4 is 11.8 Å². The molecule has 0 aromatic heterocycles. The van der Waals surface area contributed by atoms with Crippen molar-refractivity contribution in [3.8, 4) is 0 Å². The number of carboxylic acids is 1. The Kier molecular flexibility index (Phi) is 5.08. The Balaban J connectivity index is 3.09. The van der Waals surface area contributed by atoms with Crippen LogP contribution in [0.1, 0.15) is 38.7 Å². The van der Waals surface area contributed by atoms with Gasteiger partial charge in [0, 0.05) is 0 Å². The summed E-state index contributed by atoms with van der Waals surface area (Å²) >= 11 is 0. The van der Waals surface area contributed by atoms with Gasteiger partial charge in [-0.2, -0.15) is 0 Å². The number of rotatable bonds is 6. The SMILES string of the molecule is CC(=O)C(c1ccccc1)C(CC(C)C)C(=O)O. The minimum absolute atomic E-state index is 0.0887. The molecule has 0 amide bonds. The van der Waals surface area contributed by atoms with Crippen LogP contribution in [0.5, 0.6) is 0 Å². The molecule has 0 bridgehead atoms. The first-order valence-electron chi connectivity index (χ1n) is 6.21. The topological polar surface area (TPSA) is 54.4 Å². The van der Waals surface area contributed by atoms with Crippen LogP contribution < -0.4 is 0 Å². The van der Waals surface area contributed by atoms with E-state index in [0.29, 0.717) is 6.42 Å². The molecule has 0 aliphatic carbocycles. The smallest absolute Gasteiger partial charge is 0.307 e. The summed E-state index contributed by atoms with van der Waals surface area (Å²) in [5, 5.41) is 9.35. The monoisotopic (exact) mass is 248 g/mol. The molecule has 0 fully saturated rings. The largest absolute Gasteiger partial charge is 0.481 e. The highest BCUT2D eigenvalue weighted by atomic mass is 16.4. The predicted molar refractivity (Wildman–Crippen MR) is 70.4 cm³/mol. The average molecular weight is 248 g/mol. The molecule has 1 N–H and O–H groups in total. The number of carbonyl (C=O) groups excluding carboxylic acids is 1. The predicted octanol–water partition coefficient (Wildman–Crippen LogP) is 3.11. The number of hydrogen-bond acceptors (Lipinski definition) is 2. The Morgan fingerprint density at radius 1 is 1.17 bits per heavy atom. The van der Waals surface area contributed by atoms with E-state index in [0.717, 1.165) is 5.56 Å².